The fraction of sp³-hybridized carbons (Fsp3) is 0. The highest BCUT2D eigenvalue weighted by molar-refractivity contribution is 5.90. The normalized spacial score (nSPS) is 10.4. The largest absolute Gasteiger partial charge is 0.455 e. The first-order valence-corrected chi connectivity index (χ1v) is 7.51. The van der Waals surface area contributed by atoms with Crippen LogP contribution in [0.15, 0.2) is 76.2 Å². The van der Waals surface area contributed by atoms with Crippen molar-refractivity contribution in [3.8, 4) is 17.4 Å². The van der Waals surface area contributed by atoms with Gasteiger partial charge in [-0.1, -0.05) is 30.3 Å². The highest BCUT2D eigenvalue weighted by Crippen LogP contribution is 2.24. The molecule has 0 fully saturated rings. The number of hydrazone groups is 1. The van der Waals surface area contributed by atoms with E-state index >= 15 is 0 Å². The molecule has 0 unspecified atom stereocenters. The third kappa shape index (κ3) is 4.12. The zero-order valence-electron chi connectivity index (χ0n) is 13.1. The lowest BCUT2D eigenvalue weighted by atomic mass is 10.1. The number of benzene rings is 2. The molecule has 0 aliphatic carbocycles. The van der Waals surface area contributed by atoms with Crippen molar-refractivity contribution >= 4 is 17.9 Å². The van der Waals surface area contributed by atoms with Crippen LogP contribution in [-0.2, 0) is 0 Å². The number of carbonyl (C=O) groups is 1. The second-order valence-electron chi connectivity index (χ2n) is 5.05. The average Bonchev–Trinajstić information content (AvgIpc) is 3.11. The van der Waals surface area contributed by atoms with Gasteiger partial charge in [-0.05, 0) is 36.4 Å². The van der Waals surface area contributed by atoms with Gasteiger partial charge in [0, 0.05) is 11.3 Å². The first-order chi connectivity index (χ1) is 12.3. The van der Waals surface area contributed by atoms with Gasteiger partial charge in [-0.25, -0.2) is 10.2 Å². The first kappa shape index (κ1) is 16.0. The van der Waals surface area contributed by atoms with Crippen molar-refractivity contribution in [3.63, 3.8) is 0 Å². The zero-order chi connectivity index (χ0) is 17.5. The molecule has 1 aromatic heterocycles. The van der Waals surface area contributed by atoms with Gasteiger partial charge in [0.2, 0.25) is 0 Å². The van der Waals surface area contributed by atoms with Gasteiger partial charge >= 0.3 is 6.03 Å². The number of hydrogen-bond donors (Lipinski definition) is 2. The van der Waals surface area contributed by atoms with Gasteiger partial charge < -0.3 is 9.73 Å². The van der Waals surface area contributed by atoms with Crippen molar-refractivity contribution < 1.29 is 9.21 Å². The van der Waals surface area contributed by atoms with Gasteiger partial charge in [0.1, 0.15) is 11.5 Å². The van der Waals surface area contributed by atoms with E-state index in [1.807, 2.05) is 30.3 Å². The lowest BCUT2D eigenvalue weighted by Crippen LogP contribution is -2.24. The number of carbonyl (C=O) groups excluding carboxylic acids is 1. The molecule has 2 aromatic carbocycles. The summed E-state index contributed by atoms with van der Waals surface area (Å²) in [6, 6.07) is 21.3. The highest BCUT2D eigenvalue weighted by atomic mass is 16.3. The van der Waals surface area contributed by atoms with E-state index in [4.69, 9.17) is 9.68 Å². The molecule has 3 rings (SSSR count). The maximum Gasteiger partial charge on any atom is 0.339 e. The molecule has 1 heterocycles. The van der Waals surface area contributed by atoms with E-state index in [9.17, 15) is 4.79 Å². The molecule has 2 N–H and O–H groups in total. The Morgan fingerprint density at radius 1 is 1.04 bits per heavy atom. The van der Waals surface area contributed by atoms with Crippen LogP contribution < -0.4 is 10.7 Å². The monoisotopic (exact) mass is 330 g/mol. The number of nitrogens with zero attached hydrogens (tertiary/aromatic N) is 2. The van der Waals surface area contributed by atoms with E-state index < -0.39 is 6.03 Å². The summed E-state index contributed by atoms with van der Waals surface area (Å²) in [5, 5.41) is 15.6. The van der Waals surface area contributed by atoms with Crippen LogP contribution in [0.3, 0.4) is 0 Å². The maximum absolute atomic E-state index is 11.7. The molecule has 0 saturated heterocycles. The quantitative estimate of drug-likeness (QED) is 0.560. The number of nitriles is 1. The number of urea groups is 1. The minimum atomic E-state index is -0.455. The van der Waals surface area contributed by atoms with Crippen LogP contribution in [0.5, 0.6) is 0 Å². The topological polar surface area (TPSA) is 90.4 Å². The molecule has 0 spiro atoms. The Morgan fingerprint density at radius 2 is 1.80 bits per heavy atom. The van der Waals surface area contributed by atoms with Crippen LogP contribution in [0, 0.1) is 11.3 Å². The fourth-order valence-electron chi connectivity index (χ4n) is 2.20. The Kier molecular flexibility index (Phi) is 4.88. The van der Waals surface area contributed by atoms with Crippen molar-refractivity contribution in [2.24, 2.45) is 5.10 Å². The van der Waals surface area contributed by atoms with Gasteiger partial charge in [-0.15, -0.1) is 0 Å². The van der Waals surface area contributed by atoms with Gasteiger partial charge in [-0.3, -0.25) is 0 Å². The molecule has 0 aliphatic rings. The lowest BCUT2D eigenvalue weighted by Gasteiger charge is -2.02. The first-order valence-electron chi connectivity index (χ1n) is 7.51. The number of furan rings is 1. The van der Waals surface area contributed by atoms with Gasteiger partial charge in [0.15, 0.2) is 0 Å². The minimum Gasteiger partial charge on any atom is -0.455 e. The molecule has 6 nitrogen and oxygen atoms in total. The summed E-state index contributed by atoms with van der Waals surface area (Å²) in [6.45, 7) is 0. The Labute approximate surface area is 144 Å². The molecule has 0 aliphatic heterocycles. The molecule has 2 amide bonds. The van der Waals surface area contributed by atoms with Crippen LogP contribution in [0.25, 0.3) is 11.3 Å². The second-order valence-corrected chi connectivity index (χ2v) is 5.05. The molecule has 6 heteroatoms. The van der Waals surface area contributed by atoms with E-state index in [0.29, 0.717) is 28.3 Å². The molecule has 0 atom stereocenters. The third-order valence-electron chi connectivity index (χ3n) is 3.33. The van der Waals surface area contributed by atoms with Gasteiger partial charge in [0.05, 0.1) is 17.8 Å². The standard InChI is InChI=1S/C19H14N4O2/c20-12-14-6-4-5-9-17(14)18-11-10-16(25-18)13-21-23-19(24)22-15-7-2-1-3-8-15/h1-11,13H,(H2,22,23,24)/b21-13+. The van der Waals surface area contributed by atoms with Crippen LogP contribution in [0.2, 0.25) is 0 Å². The van der Waals surface area contributed by atoms with Crippen LogP contribution in [0.1, 0.15) is 11.3 Å². The van der Waals surface area contributed by atoms with E-state index in [1.165, 1.54) is 6.21 Å². The molecule has 3 aromatic rings. The maximum atomic E-state index is 11.7. The zero-order valence-corrected chi connectivity index (χ0v) is 13.1. The Hall–Kier alpha value is -3.85. The number of para-hydroxylation sites is 1. The lowest BCUT2D eigenvalue weighted by molar-refractivity contribution is 0.252. The van der Waals surface area contributed by atoms with E-state index in [0.717, 1.165) is 0 Å². The summed E-state index contributed by atoms with van der Waals surface area (Å²) >= 11 is 0. The summed E-state index contributed by atoms with van der Waals surface area (Å²) in [5.74, 6) is 1.02. The number of hydrogen-bond acceptors (Lipinski definition) is 4. The number of anilines is 1. The molecular formula is C19H14N4O2. The summed E-state index contributed by atoms with van der Waals surface area (Å²) < 4.78 is 5.64. The predicted molar refractivity (Wildman–Crippen MR) is 95.0 cm³/mol. The molecule has 25 heavy (non-hydrogen) atoms. The SMILES string of the molecule is N#Cc1ccccc1-c1ccc(/C=N/NC(=O)Nc2ccccc2)o1. The van der Waals surface area contributed by atoms with Crippen molar-refractivity contribution in [1.29, 1.82) is 5.26 Å². The molecule has 122 valence electrons. The smallest absolute Gasteiger partial charge is 0.339 e. The van der Waals surface area contributed by atoms with Gasteiger partial charge in [0.25, 0.3) is 0 Å². The van der Waals surface area contributed by atoms with E-state index in [2.05, 4.69) is 21.9 Å². The van der Waals surface area contributed by atoms with Crippen LogP contribution in [0.4, 0.5) is 10.5 Å². The summed E-state index contributed by atoms with van der Waals surface area (Å²) in [5.41, 5.74) is 4.26. The van der Waals surface area contributed by atoms with E-state index in [1.54, 1.807) is 36.4 Å². The minimum absolute atomic E-state index is 0.455. The molecule has 0 radical (unpaired) electrons. The average molecular weight is 330 g/mol. The molecule has 0 saturated carbocycles. The predicted octanol–water partition coefficient (Wildman–Crippen LogP) is 3.97. The van der Waals surface area contributed by atoms with Crippen LogP contribution >= 0.6 is 0 Å². The van der Waals surface area contributed by atoms with Crippen LogP contribution in [-0.4, -0.2) is 12.2 Å². The third-order valence-corrected chi connectivity index (χ3v) is 3.33. The highest BCUT2D eigenvalue weighted by Gasteiger charge is 2.08. The second kappa shape index (κ2) is 7.62. The Bertz CT molecular complexity index is 939. The Balaban J connectivity index is 1.62. The van der Waals surface area contributed by atoms with Crippen molar-refractivity contribution in [2.45, 2.75) is 0 Å². The Morgan fingerprint density at radius 3 is 2.60 bits per heavy atom. The summed E-state index contributed by atoms with van der Waals surface area (Å²) in [4.78, 5) is 11.7. The summed E-state index contributed by atoms with van der Waals surface area (Å²) in [7, 11) is 0. The fourth-order valence-corrected chi connectivity index (χ4v) is 2.20. The van der Waals surface area contributed by atoms with Crippen molar-refractivity contribution in [3.05, 3.63) is 78.1 Å². The number of nitrogens with one attached hydrogen (secondary N) is 2. The van der Waals surface area contributed by atoms with Crippen molar-refractivity contribution in [1.82, 2.24) is 5.43 Å². The number of amides is 2. The van der Waals surface area contributed by atoms with E-state index in [-0.39, 0.29) is 0 Å². The molecular weight excluding hydrogens is 316 g/mol. The molecule has 0 bridgehead atoms. The van der Waals surface area contributed by atoms with Gasteiger partial charge in [-0.2, -0.15) is 10.4 Å². The van der Waals surface area contributed by atoms with Crippen molar-refractivity contribution in [2.75, 3.05) is 5.32 Å². The summed E-state index contributed by atoms with van der Waals surface area (Å²) in [6.07, 6.45) is 1.39. The number of rotatable bonds is 4.